The third kappa shape index (κ3) is 3.65. The molecule has 122 valence electrons. The van der Waals surface area contributed by atoms with E-state index in [0.717, 1.165) is 34.9 Å². The van der Waals surface area contributed by atoms with Crippen molar-refractivity contribution in [2.45, 2.75) is 32.4 Å². The summed E-state index contributed by atoms with van der Waals surface area (Å²) in [5, 5.41) is 1.63. The monoisotopic (exact) mass is 348 g/mol. The minimum atomic E-state index is -1.06. The highest BCUT2D eigenvalue weighted by Crippen LogP contribution is 2.31. The van der Waals surface area contributed by atoms with Gasteiger partial charge in [-0.15, -0.1) is 0 Å². The van der Waals surface area contributed by atoms with Gasteiger partial charge >= 0.3 is 0 Å². The van der Waals surface area contributed by atoms with Crippen molar-refractivity contribution in [2.75, 3.05) is 6.61 Å². The fourth-order valence-electron chi connectivity index (χ4n) is 2.39. The summed E-state index contributed by atoms with van der Waals surface area (Å²) >= 11 is 6.21. The summed E-state index contributed by atoms with van der Waals surface area (Å²) in [6.45, 7) is 8.34. The lowest BCUT2D eigenvalue weighted by molar-refractivity contribution is 0.0899. The van der Waals surface area contributed by atoms with Gasteiger partial charge in [-0.25, -0.2) is 9.97 Å². The highest BCUT2D eigenvalue weighted by molar-refractivity contribution is 6.76. The van der Waals surface area contributed by atoms with Gasteiger partial charge in [0.05, 0.1) is 10.7 Å². The molecule has 0 saturated carbocycles. The molecule has 0 aliphatic carbocycles. The minimum absolute atomic E-state index is 0.505. The number of fused-ring (bicyclic) bond motifs is 1. The highest BCUT2D eigenvalue weighted by atomic mass is 35.5. The number of nitrogens with one attached hydrogen (secondary N) is 1. The number of hydrogen-bond donors (Lipinski definition) is 1. The summed E-state index contributed by atoms with van der Waals surface area (Å²) in [5.74, 6) is 0. The Morgan fingerprint density at radius 3 is 2.78 bits per heavy atom. The van der Waals surface area contributed by atoms with Crippen LogP contribution in [0.4, 0.5) is 0 Å². The number of hydrogen-bond acceptors (Lipinski definition) is 3. The fraction of sp³-hybridized carbons (Fsp3) is 0.375. The van der Waals surface area contributed by atoms with Crippen molar-refractivity contribution in [3.8, 4) is 11.3 Å². The van der Waals surface area contributed by atoms with Crippen LogP contribution >= 0.6 is 11.6 Å². The summed E-state index contributed by atoms with van der Waals surface area (Å²) in [7, 11) is -1.06. The van der Waals surface area contributed by atoms with E-state index in [1.807, 2.05) is 23.0 Å². The van der Waals surface area contributed by atoms with E-state index in [9.17, 15) is 0 Å². The maximum absolute atomic E-state index is 6.21. The van der Waals surface area contributed by atoms with Crippen LogP contribution < -0.4 is 0 Å². The fourth-order valence-corrected chi connectivity index (χ4v) is 3.35. The van der Waals surface area contributed by atoms with Crippen LogP contribution in [-0.2, 0) is 11.5 Å². The predicted octanol–water partition coefficient (Wildman–Crippen LogP) is 4.39. The van der Waals surface area contributed by atoms with Gasteiger partial charge in [0, 0.05) is 44.2 Å². The van der Waals surface area contributed by atoms with Gasteiger partial charge in [-0.3, -0.25) is 0 Å². The summed E-state index contributed by atoms with van der Waals surface area (Å²) in [4.78, 5) is 11.8. The molecule has 3 heterocycles. The van der Waals surface area contributed by atoms with Crippen LogP contribution in [0, 0.1) is 0 Å². The molecular formula is C16H21ClN4OSi. The molecule has 1 N–H and O–H groups in total. The molecule has 0 aliphatic rings. The van der Waals surface area contributed by atoms with Gasteiger partial charge in [0.1, 0.15) is 18.7 Å². The molecule has 0 spiro atoms. The second-order valence-corrected chi connectivity index (χ2v) is 12.8. The molecule has 0 unspecified atom stereocenters. The van der Waals surface area contributed by atoms with E-state index in [-0.39, 0.29) is 0 Å². The Bertz CT molecular complexity index is 806. The standard InChI is InChI=1S/C16H21ClN4OSi/c1-23(2,3)7-6-22-11-21-5-4-12-15(19-10-20-16(12)21)13-8-18-9-14(13)17/h4-5,8-10,18H,6-7,11H2,1-3H3. The lowest BCUT2D eigenvalue weighted by atomic mass is 10.2. The summed E-state index contributed by atoms with van der Waals surface area (Å²) in [6, 6.07) is 3.17. The van der Waals surface area contributed by atoms with Crippen molar-refractivity contribution in [1.29, 1.82) is 0 Å². The second kappa shape index (κ2) is 6.47. The number of H-pyrrole nitrogens is 1. The minimum Gasteiger partial charge on any atom is -0.366 e. The van der Waals surface area contributed by atoms with E-state index < -0.39 is 8.07 Å². The molecule has 7 heteroatoms. The molecule has 3 aromatic heterocycles. The Morgan fingerprint density at radius 2 is 2.09 bits per heavy atom. The van der Waals surface area contributed by atoms with E-state index in [0.29, 0.717) is 11.8 Å². The smallest absolute Gasteiger partial charge is 0.145 e. The molecule has 0 atom stereocenters. The van der Waals surface area contributed by atoms with Gasteiger partial charge in [0.2, 0.25) is 0 Å². The first-order valence-corrected chi connectivity index (χ1v) is 11.7. The number of aromatic amines is 1. The van der Waals surface area contributed by atoms with E-state index in [1.165, 1.54) is 0 Å². The number of nitrogens with zero attached hydrogens (tertiary/aromatic N) is 3. The van der Waals surface area contributed by atoms with Gasteiger partial charge in [-0.05, 0) is 12.1 Å². The maximum Gasteiger partial charge on any atom is 0.145 e. The summed E-state index contributed by atoms with van der Waals surface area (Å²) in [6.07, 6.45) is 7.16. The molecule has 3 rings (SSSR count). The Kier molecular flexibility index (Phi) is 4.56. The van der Waals surface area contributed by atoms with Gasteiger partial charge < -0.3 is 14.3 Å². The van der Waals surface area contributed by atoms with Gasteiger partial charge in [0.25, 0.3) is 0 Å². The van der Waals surface area contributed by atoms with Crippen molar-refractivity contribution in [3.63, 3.8) is 0 Å². The molecule has 0 aliphatic heterocycles. The van der Waals surface area contributed by atoms with Crippen molar-refractivity contribution in [1.82, 2.24) is 19.5 Å². The Labute approximate surface area is 141 Å². The number of halogens is 1. The maximum atomic E-state index is 6.21. The van der Waals surface area contributed by atoms with Crippen molar-refractivity contribution in [2.24, 2.45) is 0 Å². The van der Waals surface area contributed by atoms with Crippen LogP contribution in [0.1, 0.15) is 0 Å². The van der Waals surface area contributed by atoms with E-state index in [4.69, 9.17) is 16.3 Å². The molecular weight excluding hydrogens is 328 g/mol. The number of ether oxygens (including phenoxy) is 1. The normalized spacial score (nSPS) is 12.2. The van der Waals surface area contributed by atoms with E-state index >= 15 is 0 Å². The predicted molar refractivity (Wildman–Crippen MR) is 96.4 cm³/mol. The Hall–Kier alpha value is -1.63. The average Bonchev–Trinajstić information content (AvgIpc) is 3.09. The van der Waals surface area contributed by atoms with Gasteiger partial charge in [-0.2, -0.15) is 0 Å². The summed E-state index contributed by atoms with van der Waals surface area (Å²) in [5.41, 5.74) is 2.58. The average molecular weight is 349 g/mol. The quantitative estimate of drug-likeness (QED) is 0.531. The van der Waals surface area contributed by atoms with Crippen molar-refractivity contribution in [3.05, 3.63) is 36.0 Å². The molecule has 23 heavy (non-hydrogen) atoms. The first kappa shape index (κ1) is 16.2. The van der Waals surface area contributed by atoms with Crippen LogP contribution in [-0.4, -0.2) is 34.2 Å². The first-order valence-electron chi connectivity index (χ1n) is 7.66. The number of aromatic nitrogens is 4. The van der Waals surface area contributed by atoms with Crippen LogP contribution in [0.25, 0.3) is 22.3 Å². The number of rotatable bonds is 6. The third-order valence-corrected chi connectivity index (χ3v) is 5.75. The lowest BCUT2D eigenvalue weighted by Gasteiger charge is -2.15. The topological polar surface area (TPSA) is 55.7 Å². The second-order valence-electron chi connectivity index (χ2n) is 6.81. The Morgan fingerprint density at radius 1 is 1.26 bits per heavy atom. The SMILES string of the molecule is C[Si](C)(C)CCOCn1ccc2c(-c3c[nH]cc3Cl)ncnc21. The largest absolute Gasteiger partial charge is 0.366 e. The first-order chi connectivity index (χ1) is 11.0. The van der Waals surface area contributed by atoms with Gasteiger partial charge in [0.15, 0.2) is 0 Å². The van der Waals surface area contributed by atoms with E-state index in [2.05, 4.69) is 34.6 Å². The molecule has 0 aromatic carbocycles. The van der Waals surface area contributed by atoms with Crippen LogP contribution in [0.3, 0.4) is 0 Å². The molecule has 0 saturated heterocycles. The molecule has 0 fully saturated rings. The molecule has 0 bridgehead atoms. The molecule has 0 amide bonds. The van der Waals surface area contributed by atoms with E-state index in [1.54, 1.807) is 12.5 Å². The van der Waals surface area contributed by atoms with Gasteiger partial charge in [-0.1, -0.05) is 31.2 Å². The zero-order valence-electron chi connectivity index (χ0n) is 13.6. The molecule has 0 radical (unpaired) electrons. The Balaban J connectivity index is 1.81. The highest BCUT2D eigenvalue weighted by Gasteiger charge is 2.14. The van der Waals surface area contributed by atoms with Crippen LogP contribution in [0.15, 0.2) is 31.0 Å². The van der Waals surface area contributed by atoms with Crippen molar-refractivity contribution >= 4 is 30.7 Å². The molecule has 5 nitrogen and oxygen atoms in total. The van der Waals surface area contributed by atoms with Crippen molar-refractivity contribution < 1.29 is 4.74 Å². The zero-order valence-corrected chi connectivity index (χ0v) is 15.4. The zero-order chi connectivity index (χ0) is 16.4. The van der Waals surface area contributed by atoms with Crippen LogP contribution in [0.2, 0.25) is 30.7 Å². The summed E-state index contributed by atoms with van der Waals surface area (Å²) < 4.78 is 7.83. The van der Waals surface area contributed by atoms with Crippen LogP contribution in [0.5, 0.6) is 0 Å². The molecule has 3 aromatic rings. The third-order valence-electron chi connectivity index (χ3n) is 3.73. The lowest BCUT2D eigenvalue weighted by Crippen LogP contribution is -2.22.